The van der Waals surface area contributed by atoms with Crippen molar-refractivity contribution in [2.75, 3.05) is 53.0 Å². The van der Waals surface area contributed by atoms with Gasteiger partial charge >= 0.3 is 0 Å². The Bertz CT molecular complexity index is 489. The molecule has 1 aromatic rings. The summed E-state index contributed by atoms with van der Waals surface area (Å²) in [6.45, 7) is 10.6. The van der Waals surface area contributed by atoms with Gasteiger partial charge in [0.05, 0.1) is 25.0 Å². The Morgan fingerprint density at radius 2 is 1.95 bits per heavy atom. The summed E-state index contributed by atoms with van der Waals surface area (Å²) in [5, 5.41) is 4.47. The van der Waals surface area contributed by atoms with Gasteiger partial charge in [0.15, 0.2) is 0 Å². The number of hydrogen-bond donors (Lipinski definition) is 0. The standard InChI is InChI=1S/C16H28N4O2/c1-13-15(16(21-3)18(2)17-13)11-20-7-5-19(6-8-20)10-14-4-9-22-12-14/h14H,4-12H2,1-3H3. The number of nitrogens with zero attached hydrogens (tertiary/aromatic N) is 4. The summed E-state index contributed by atoms with van der Waals surface area (Å²) in [6, 6.07) is 0. The molecular weight excluding hydrogens is 280 g/mol. The number of aromatic nitrogens is 2. The van der Waals surface area contributed by atoms with Crippen LogP contribution in [0.15, 0.2) is 0 Å². The molecular formula is C16H28N4O2. The van der Waals surface area contributed by atoms with E-state index in [9.17, 15) is 0 Å². The van der Waals surface area contributed by atoms with Gasteiger partial charge in [-0.25, -0.2) is 4.68 Å². The van der Waals surface area contributed by atoms with Gasteiger partial charge in [-0.2, -0.15) is 5.10 Å². The first-order chi connectivity index (χ1) is 10.7. The van der Waals surface area contributed by atoms with E-state index in [0.717, 1.165) is 63.4 Å². The molecule has 3 heterocycles. The van der Waals surface area contributed by atoms with Crippen LogP contribution in [0.4, 0.5) is 0 Å². The van der Waals surface area contributed by atoms with E-state index in [4.69, 9.17) is 9.47 Å². The van der Waals surface area contributed by atoms with Crippen LogP contribution in [0.3, 0.4) is 0 Å². The maximum Gasteiger partial charge on any atom is 0.216 e. The van der Waals surface area contributed by atoms with Gasteiger partial charge in [-0.3, -0.25) is 4.90 Å². The minimum atomic E-state index is 0.743. The Balaban J connectivity index is 1.51. The van der Waals surface area contributed by atoms with Gasteiger partial charge in [0, 0.05) is 52.9 Å². The largest absolute Gasteiger partial charge is 0.481 e. The zero-order chi connectivity index (χ0) is 15.5. The molecule has 3 rings (SSSR count). The fourth-order valence-electron chi connectivity index (χ4n) is 3.56. The molecule has 0 saturated carbocycles. The highest BCUT2D eigenvalue weighted by Crippen LogP contribution is 2.23. The second-order valence-corrected chi connectivity index (χ2v) is 6.50. The highest BCUT2D eigenvalue weighted by atomic mass is 16.5. The Labute approximate surface area is 133 Å². The highest BCUT2D eigenvalue weighted by Gasteiger charge is 2.24. The van der Waals surface area contributed by atoms with Crippen LogP contribution in [0.25, 0.3) is 0 Å². The van der Waals surface area contributed by atoms with Crippen molar-refractivity contribution < 1.29 is 9.47 Å². The topological polar surface area (TPSA) is 42.8 Å². The molecule has 1 aromatic heterocycles. The molecule has 0 amide bonds. The van der Waals surface area contributed by atoms with E-state index >= 15 is 0 Å². The van der Waals surface area contributed by atoms with Crippen molar-refractivity contribution in [3.63, 3.8) is 0 Å². The highest BCUT2D eigenvalue weighted by molar-refractivity contribution is 5.30. The normalized spacial score (nSPS) is 24.0. The quantitative estimate of drug-likeness (QED) is 0.808. The minimum Gasteiger partial charge on any atom is -0.481 e. The van der Waals surface area contributed by atoms with Gasteiger partial charge < -0.3 is 14.4 Å². The molecule has 1 unspecified atom stereocenters. The second-order valence-electron chi connectivity index (χ2n) is 6.50. The molecule has 22 heavy (non-hydrogen) atoms. The molecule has 2 aliphatic rings. The van der Waals surface area contributed by atoms with E-state index in [1.54, 1.807) is 7.11 Å². The van der Waals surface area contributed by atoms with E-state index in [2.05, 4.69) is 21.8 Å². The summed E-state index contributed by atoms with van der Waals surface area (Å²) in [7, 11) is 3.67. The Kier molecular flexibility index (Phi) is 5.00. The smallest absolute Gasteiger partial charge is 0.216 e. The lowest BCUT2D eigenvalue weighted by Gasteiger charge is -2.35. The Morgan fingerprint density at radius 1 is 1.23 bits per heavy atom. The first-order valence-corrected chi connectivity index (χ1v) is 8.26. The fraction of sp³-hybridized carbons (Fsp3) is 0.812. The molecule has 0 aliphatic carbocycles. The van der Waals surface area contributed by atoms with Crippen molar-refractivity contribution >= 4 is 0 Å². The molecule has 2 aliphatic heterocycles. The van der Waals surface area contributed by atoms with Crippen LogP contribution >= 0.6 is 0 Å². The minimum absolute atomic E-state index is 0.743. The van der Waals surface area contributed by atoms with Crippen molar-refractivity contribution in [2.24, 2.45) is 13.0 Å². The number of aryl methyl sites for hydroxylation is 2. The zero-order valence-corrected chi connectivity index (χ0v) is 14.0. The van der Waals surface area contributed by atoms with E-state index < -0.39 is 0 Å². The zero-order valence-electron chi connectivity index (χ0n) is 14.0. The number of piperazine rings is 1. The van der Waals surface area contributed by atoms with Crippen LogP contribution in [-0.2, 0) is 18.3 Å². The third-order valence-electron chi connectivity index (χ3n) is 4.87. The third-order valence-corrected chi connectivity index (χ3v) is 4.87. The molecule has 0 bridgehead atoms. The summed E-state index contributed by atoms with van der Waals surface area (Å²) < 4.78 is 12.8. The van der Waals surface area contributed by atoms with Gasteiger partial charge in [-0.1, -0.05) is 0 Å². The van der Waals surface area contributed by atoms with E-state index in [0.29, 0.717) is 0 Å². The number of rotatable bonds is 5. The summed E-state index contributed by atoms with van der Waals surface area (Å²) >= 11 is 0. The van der Waals surface area contributed by atoms with Gasteiger partial charge in [-0.15, -0.1) is 0 Å². The SMILES string of the molecule is COc1c(CN2CCN(CC3CCOC3)CC2)c(C)nn1C. The monoisotopic (exact) mass is 308 g/mol. The van der Waals surface area contributed by atoms with Crippen LogP contribution in [0.5, 0.6) is 5.88 Å². The van der Waals surface area contributed by atoms with Crippen molar-refractivity contribution in [1.29, 1.82) is 0 Å². The molecule has 6 heteroatoms. The predicted octanol–water partition coefficient (Wildman–Crippen LogP) is 0.891. The summed E-state index contributed by atoms with van der Waals surface area (Å²) in [5.41, 5.74) is 2.30. The first kappa shape index (κ1) is 15.8. The third kappa shape index (κ3) is 3.45. The van der Waals surface area contributed by atoms with Crippen LogP contribution in [0.1, 0.15) is 17.7 Å². The molecule has 0 spiro atoms. The average molecular weight is 308 g/mol. The maximum atomic E-state index is 5.50. The lowest BCUT2D eigenvalue weighted by molar-refractivity contribution is 0.106. The van der Waals surface area contributed by atoms with Crippen molar-refractivity contribution in [1.82, 2.24) is 19.6 Å². The average Bonchev–Trinajstić information content (AvgIpc) is 3.10. The van der Waals surface area contributed by atoms with Crippen molar-refractivity contribution in [3.8, 4) is 5.88 Å². The maximum absolute atomic E-state index is 5.50. The van der Waals surface area contributed by atoms with Gasteiger partial charge in [0.1, 0.15) is 0 Å². The molecule has 0 aromatic carbocycles. The van der Waals surface area contributed by atoms with E-state index in [-0.39, 0.29) is 0 Å². The number of ether oxygens (including phenoxy) is 2. The van der Waals surface area contributed by atoms with Gasteiger partial charge in [0.2, 0.25) is 5.88 Å². The molecule has 0 N–H and O–H groups in total. The van der Waals surface area contributed by atoms with Crippen LogP contribution in [-0.4, -0.2) is 72.6 Å². The molecule has 0 radical (unpaired) electrons. The molecule has 2 fully saturated rings. The first-order valence-electron chi connectivity index (χ1n) is 8.26. The van der Waals surface area contributed by atoms with Crippen LogP contribution in [0, 0.1) is 12.8 Å². The van der Waals surface area contributed by atoms with E-state index in [1.807, 2.05) is 11.7 Å². The summed E-state index contributed by atoms with van der Waals surface area (Å²) in [4.78, 5) is 5.09. The Morgan fingerprint density at radius 3 is 2.59 bits per heavy atom. The molecule has 124 valence electrons. The van der Waals surface area contributed by atoms with E-state index in [1.165, 1.54) is 18.5 Å². The number of hydrogen-bond acceptors (Lipinski definition) is 5. The second kappa shape index (κ2) is 6.98. The van der Waals surface area contributed by atoms with Gasteiger partial charge in [0.25, 0.3) is 0 Å². The van der Waals surface area contributed by atoms with Crippen LogP contribution in [0.2, 0.25) is 0 Å². The van der Waals surface area contributed by atoms with Crippen molar-refractivity contribution in [3.05, 3.63) is 11.3 Å². The predicted molar refractivity (Wildman–Crippen MR) is 85.1 cm³/mol. The van der Waals surface area contributed by atoms with Crippen molar-refractivity contribution in [2.45, 2.75) is 19.9 Å². The molecule has 6 nitrogen and oxygen atoms in total. The lowest BCUT2D eigenvalue weighted by atomic mass is 10.1. The van der Waals surface area contributed by atoms with Crippen LogP contribution < -0.4 is 4.74 Å². The fourth-order valence-corrected chi connectivity index (χ4v) is 3.56. The Hall–Kier alpha value is -1.11. The summed E-state index contributed by atoms with van der Waals surface area (Å²) in [5.74, 6) is 1.63. The van der Waals surface area contributed by atoms with Gasteiger partial charge in [-0.05, 0) is 19.3 Å². The summed E-state index contributed by atoms with van der Waals surface area (Å²) in [6.07, 6.45) is 1.23. The lowest BCUT2D eigenvalue weighted by Crippen LogP contribution is -2.47. The number of methoxy groups -OCH3 is 1. The molecule has 1 atom stereocenters. The molecule has 2 saturated heterocycles.